The summed E-state index contributed by atoms with van der Waals surface area (Å²) in [6.45, 7) is 5.06. The van der Waals surface area contributed by atoms with Gasteiger partial charge in [-0.2, -0.15) is 4.99 Å². The lowest BCUT2D eigenvalue weighted by Crippen LogP contribution is -2.16. The number of hydrogen-bond donors (Lipinski definition) is 0. The van der Waals surface area contributed by atoms with Crippen LogP contribution in [0, 0.1) is 0 Å². The number of aryl methyl sites for hydroxylation is 2. The Balaban J connectivity index is 2.21. The van der Waals surface area contributed by atoms with E-state index in [0.29, 0.717) is 4.88 Å². The Morgan fingerprint density at radius 1 is 1.24 bits per heavy atom. The van der Waals surface area contributed by atoms with Gasteiger partial charge in [-0.3, -0.25) is 4.79 Å². The van der Waals surface area contributed by atoms with E-state index in [2.05, 4.69) is 41.6 Å². The molecule has 0 saturated carbocycles. The van der Waals surface area contributed by atoms with Crippen LogP contribution in [0.2, 0.25) is 0 Å². The van der Waals surface area contributed by atoms with Crippen LogP contribution in [0.15, 0.2) is 40.7 Å². The third-order valence-corrected chi connectivity index (χ3v) is 5.31. The molecule has 0 aliphatic heterocycles. The smallest absolute Gasteiger partial charge is 0.289 e. The molecule has 0 saturated heterocycles. The van der Waals surface area contributed by atoms with Crippen LogP contribution in [-0.2, 0) is 13.0 Å². The monoisotopic (exact) mass is 316 g/mol. The van der Waals surface area contributed by atoms with E-state index in [9.17, 15) is 4.79 Å². The summed E-state index contributed by atoms with van der Waals surface area (Å²) in [6, 6.07) is 10.0. The molecular formula is C16H16N2OS2. The average molecular weight is 316 g/mol. The molecule has 3 rings (SSSR count). The quantitative estimate of drug-likeness (QED) is 0.716. The first-order valence-electron chi connectivity index (χ1n) is 6.98. The zero-order chi connectivity index (χ0) is 14.8. The van der Waals surface area contributed by atoms with Crippen LogP contribution in [0.5, 0.6) is 0 Å². The van der Waals surface area contributed by atoms with Crippen molar-refractivity contribution >= 4 is 38.8 Å². The summed E-state index contributed by atoms with van der Waals surface area (Å²) >= 11 is 3.01. The first-order valence-corrected chi connectivity index (χ1v) is 8.68. The molecule has 3 aromatic rings. The van der Waals surface area contributed by atoms with Gasteiger partial charge in [0.2, 0.25) is 0 Å². The first-order chi connectivity index (χ1) is 10.2. The molecule has 0 atom stereocenters. The van der Waals surface area contributed by atoms with Crippen molar-refractivity contribution in [2.75, 3.05) is 0 Å². The van der Waals surface area contributed by atoms with Gasteiger partial charge in [-0.05, 0) is 36.4 Å². The standard InChI is InChI=1S/C16H16N2OS2/c1-3-11-7-5-8-12-14(11)18(4-2)16(21-12)17-15(19)13-9-6-10-20-13/h5-10H,3-4H2,1-2H3. The Hall–Kier alpha value is -1.72. The second-order valence-corrected chi connectivity index (χ2v) is 6.60. The fourth-order valence-electron chi connectivity index (χ4n) is 2.41. The fourth-order valence-corrected chi connectivity index (χ4v) is 4.16. The Morgan fingerprint density at radius 3 is 2.76 bits per heavy atom. The van der Waals surface area contributed by atoms with Gasteiger partial charge in [0.15, 0.2) is 4.80 Å². The molecule has 3 nitrogen and oxygen atoms in total. The summed E-state index contributed by atoms with van der Waals surface area (Å²) in [5.41, 5.74) is 2.51. The van der Waals surface area contributed by atoms with Gasteiger partial charge in [-0.15, -0.1) is 11.3 Å². The van der Waals surface area contributed by atoms with Crippen LogP contribution in [0.4, 0.5) is 0 Å². The summed E-state index contributed by atoms with van der Waals surface area (Å²) in [6.07, 6.45) is 0.979. The summed E-state index contributed by atoms with van der Waals surface area (Å²) in [5.74, 6) is -0.156. The fraction of sp³-hybridized carbons (Fsp3) is 0.250. The molecule has 0 radical (unpaired) electrons. The van der Waals surface area contributed by atoms with Gasteiger partial charge >= 0.3 is 0 Å². The van der Waals surface area contributed by atoms with Crippen molar-refractivity contribution in [3.05, 3.63) is 51.0 Å². The number of para-hydroxylation sites is 1. The van der Waals surface area contributed by atoms with Gasteiger partial charge in [0.25, 0.3) is 5.91 Å². The van der Waals surface area contributed by atoms with E-state index in [1.54, 1.807) is 11.3 Å². The molecule has 2 aromatic heterocycles. The Labute approximate surface area is 131 Å². The van der Waals surface area contributed by atoms with Crippen molar-refractivity contribution in [1.82, 2.24) is 4.57 Å². The first kappa shape index (κ1) is 14.2. The van der Waals surface area contributed by atoms with Gasteiger partial charge < -0.3 is 4.57 Å². The van der Waals surface area contributed by atoms with Crippen LogP contribution in [0.25, 0.3) is 10.2 Å². The van der Waals surface area contributed by atoms with Gasteiger partial charge in [0, 0.05) is 6.54 Å². The van der Waals surface area contributed by atoms with Crippen LogP contribution in [0.3, 0.4) is 0 Å². The third-order valence-electron chi connectivity index (χ3n) is 3.41. The van der Waals surface area contributed by atoms with Crippen LogP contribution >= 0.6 is 22.7 Å². The van der Waals surface area contributed by atoms with Crippen molar-refractivity contribution in [3.63, 3.8) is 0 Å². The van der Waals surface area contributed by atoms with Gasteiger partial charge in [-0.25, -0.2) is 0 Å². The number of benzene rings is 1. The zero-order valence-electron chi connectivity index (χ0n) is 12.0. The topological polar surface area (TPSA) is 34.4 Å². The molecule has 0 N–H and O–H groups in total. The minimum Gasteiger partial charge on any atom is -0.316 e. The number of carbonyl (C=O) groups excluding carboxylic acids is 1. The maximum Gasteiger partial charge on any atom is 0.289 e. The number of hydrogen-bond acceptors (Lipinski definition) is 3. The predicted octanol–water partition coefficient (Wildman–Crippen LogP) is 4.09. The minimum atomic E-state index is -0.156. The number of thiophene rings is 1. The van der Waals surface area contributed by atoms with E-state index in [1.165, 1.54) is 27.1 Å². The second kappa shape index (κ2) is 5.95. The van der Waals surface area contributed by atoms with Crippen molar-refractivity contribution < 1.29 is 4.79 Å². The van der Waals surface area contributed by atoms with Gasteiger partial charge in [0.1, 0.15) is 0 Å². The summed E-state index contributed by atoms with van der Waals surface area (Å²) in [7, 11) is 0. The largest absolute Gasteiger partial charge is 0.316 e. The minimum absolute atomic E-state index is 0.156. The molecule has 108 valence electrons. The number of thiazole rings is 1. The van der Waals surface area contributed by atoms with E-state index in [0.717, 1.165) is 17.8 Å². The molecule has 1 amide bonds. The zero-order valence-corrected chi connectivity index (χ0v) is 13.6. The van der Waals surface area contributed by atoms with Crippen LogP contribution in [0.1, 0.15) is 29.1 Å². The molecule has 0 unspecified atom stereocenters. The Kier molecular flexibility index (Phi) is 4.03. The summed E-state index contributed by atoms with van der Waals surface area (Å²) in [4.78, 5) is 18.0. The van der Waals surface area contributed by atoms with E-state index >= 15 is 0 Å². The average Bonchev–Trinajstić information content (AvgIpc) is 3.13. The van der Waals surface area contributed by atoms with Gasteiger partial charge in [0.05, 0.1) is 15.1 Å². The molecule has 0 aliphatic rings. The SMILES string of the molecule is CCc1cccc2sc(=NC(=O)c3cccs3)n(CC)c12. The highest BCUT2D eigenvalue weighted by Gasteiger charge is 2.11. The normalized spacial score (nSPS) is 12.2. The lowest BCUT2D eigenvalue weighted by atomic mass is 10.1. The molecular weight excluding hydrogens is 300 g/mol. The lowest BCUT2D eigenvalue weighted by molar-refractivity contribution is 0.100. The van der Waals surface area contributed by atoms with Gasteiger partial charge in [-0.1, -0.05) is 36.5 Å². The predicted molar refractivity (Wildman–Crippen MR) is 89.1 cm³/mol. The highest BCUT2D eigenvalue weighted by Crippen LogP contribution is 2.22. The number of carbonyl (C=O) groups is 1. The van der Waals surface area contributed by atoms with E-state index in [4.69, 9.17) is 0 Å². The maximum absolute atomic E-state index is 12.2. The lowest BCUT2D eigenvalue weighted by Gasteiger charge is -2.04. The second-order valence-electron chi connectivity index (χ2n) is 4.64. The molecule has 0 spiro atoms. The summed E-state index contributed by atoms with van der Waals surface area (Å²) in [5, 5.41) is 1.90. The molecule has 0 aliphatic carbocycles. The van der Waals surface area contributed by atoms with E-state index in [1.807, 2.05) is 17.5 Å². The van der Waals surface area contributed by atoms with Crippen molar-refractivity contribution in [2.45, 2.75) is 26.8 Å². The number of fused-ring (bicyclic) bond motifs is 1. The van der Waals surface area contributed by atoms with E-state index < -0.39 is 0 Å². The van der Waals surface area contributed by atoms with E-state index in [-0.39, 0.29) is 5.91 Å². The molecule has 2 heterocycles. The maximum atomic E-state index is 12.2. The number of amides is 1. The molecule has 21 heavy (non-hydrogen) atoms. The highest BCUT2D eigenvalue weighted by atomic mass is 32.1. The third kappa shape index (κ3) is 2.59. The van der Waals surface area contributed by atoms with Crippen LogP contribution < -0.4 is 4.80 Å². The van der Waals surface area contributed by atoms with Crippen molar-refractivity contribution in [3.8, 4) is 0 Å². The van der Waals surface area contributed by atoms with Crippen molar-refractivity contribution in [1.29, 1.82) is 0 Å². The van der Waals surface area contributed by atoms with Crippen LogP contribution in [-0.4, -0.2) is 10.5 Å². The number of rotatable bonds is 3. The number of nitrogens with zero attached hydrogens (tertiary/aromatic N) is 2. The Morgan fingerprint density at radius 2 is 2.10 bits per heavy atom. The summed E-state index contributed by atoms with van der Waals surface area (Å²) < 4.78 is 3.33. The molecule has 5 heteroatoms. The molecule has 0 fully saturated rings. The van der Waals surface area contributed by atoms with Crippen molar-refractivity contribution in [2.24, 2.45) is 4.99 Å². The Bertz CT molecular complexity index is 841. The number of aromatic nitrogens is 1. The molecule has 0 bridgehead atoms. The highest BCUT2D eigenvalue weighted by molar-refractivity contribution is 7.16. The molecule has 1 aromatic carbocycles.